The quantitative estimate of drug-likeness (QED) is 0.203. The lowest BCUT2D eigenvalue weighted by molar-refractivity contribution is -0.153. The number of methoxy groups -OCH3 is 1. The molecule has 0 atom stereocenters. The minimum atomic E-state index is -4.56. The Balaban J connectivity index is 1.47. The van der Waals surface area contributed by atoms with Gasteiger partial charge in [0.2, 0.25) is 0 Å². The molecule has 5 aromatic rings. The minimum Gasteiger partial charge on any atom is -0.493 e. The maximum atomic E-state index is 14.2. The zero-order valence-corrected chi connectivity index (χ0v) is 22.3. The molecule has 0 aliphatic heterocycles. The summed E-state index contributed by atoms with van der Waals surface area (Å²) in [4.78, 5) is 18.7. The number of ether oxygens (including phenoxy) is 3. The van der Waals surface area contributed by atoms with Crippen molar-refractivity contribution < 1.29 is 32.2 Å². The fourth-order valence-corrected chi connectivity index (χ4v) is 5.44. The van der Waals surface area contributed by atoms with Gasteiger partial charge in [-0.3, -0.25) is 9.36 Å². The van der Waals surface area contributed by atoms with Crippen LogP contribution < -0.4 is 14.2 Å². The van der Waals surface area contributed by atoms with E-state index in [1.807, 2.05) is 24.3 Å². The summed E-state index contributed by atoms with van der Waals surface area (Å²) in [5, 5.41) is 1.88. The molecule has 2 heterocycles. The summed E-state index contributed by atoms with van der Waals surface area (Å²) in [6, 6.07) is 19.3. The van der Waals surface area contributed by atoms with Crippen molar-refractivity contribution in [2.75, 3.05) is 13.7 Å². The molecular formula is C32H27F3N2O4. The Hall–Kier alpha value is -4.53. The second kappa shape index (κ2) is 10.8. The third kappa shape index (κ3) is 5.31. The molecule has 1 fully saturated rings. The van der Waals surface area contributed by atoms with Gasteiger partial charge >= 0.3 is 6.18 Å². The number of rotatable bonds is 7. The number of benzene rings is 3. The molecule has 2 aromatic heterocycles. The van der Waals surface area contributed by atoms with E-state index in [1.165, 1.54) is 10.6 Å². The standard InChI is InChI=1S/C32H27F3N2O4/c1-39-26-14-13-21(17-28(26)41-22-8-3-4-9-22)25-18-37(30-24(25)11-6-16-36-30)31(38)29-23-10-5-2-7-20(23)12-15-27(29)40-19-32(33,34)35/h2,5-7,10-18,22H,3-4,8-9,19H2,1H3. The Morgan fingerprint density at radius 2 is 1.71 bits per heavy atom. The normalized spacial score (nSPS) is 14.0. The first-order valence-corrected chi connectivity index (χ1v) is 13.4. The van der Waals surface area contributed by atoms with Gasteiger partial charge in [0.1, 0.15) is 11.4 Å². The van der Waals surface area contributed by atoms with E-state index in [-0.39, 0.29) is 17.4 Å². The van der Waals surface area contributed by atoms with E-state index in [4.69, 9.17) is 14.2 Å². The van der Waals surface area contributed by atoms with Gasteiger partial charge in [-0.15, -0.1) is 0 Å². The number of hydrogen-bond acceptors (Lipinski definition) is 5. The minimum absolute atomic E-state index is 0.0291. The highest BCUT2D eigenvalue weighted by atomic mass is 19.4. The number of aromatic nitrogens is 2. The van der Waals surface area contributed by atoms with E-state index in [2.05, 4.69) is 4.98 Å². The van der Waals surface area contributed by atoms with Crippen molar-refractivity contribution in [1.82, 2.24) is 9.55 Å². The van der Waals surface area contributed by atoms with E-state index in [9.17, 15) is 18.0 Å². The third-order valence-corrected chi connectivity index (χ3v) is 7.35. The molecule has 6 rings (SSSR count). The predicted octanol–water partition coefficient (Wildman–Crippen LogP) is 7.82. The van der Waals surface area contributed by atoms with Crippen LogP contribution in [-0.2, 0) is 0 Å². The van der Waals surface area contributed by atoms with Crippen molar-refractivity contribution >= 4 is 27.7 Å². The molecule has 0 unspecified atom stereocenters. The van der Waals surface area contributed by atoms with Crippen molar-refractivity contribution in [1.29, 1.82) is 0 Å². The molecule has 0 radical (unpaired) electrons. The molecule has 6 nitrogen and oxygen atoms in total. The zero-order valence-electron chi connectivity index (χ0n) is 22.3. The van der Waals surface area contributed by atoms with Gasteiger partial charge in [0.25, 0.3) is 5.91 Å². The van der Waals surface area contributed by atoms with Crippen LogP contribution in [0.5, 0.6) is 17.2 Å². The molecule has 0 bridgehead atoms. The molecule has 1 aliphatic rings. The number of fused-ring (bicyclic) bond motifs is 2. The Kier molecular flexibility index (Phi) is 7.03. The monoisotopic (exact) mass is 560 g/mol. The van der Waals surface area contributed by atoms with Crippen LogP contribution in [0.4, 0.5) is 13.2 Å². The van der Waals surface area contributed by atoms with Crippen LogP contribution in [0, 0.1) is 0 Å². The molecule has 0 N–H and O–H groups in total. The van der Waals surface area contributed by atoms with Crippen molar-refractivity contribution in [2.24, 2.45) is 0 Å². The maximum Gasteiger partial charge on any atom is 0.422 e. The summed E-state index contributed by atoms with van der Waals surface area (Å²) in [6.45, 7) is -1.52. The average molecular weight is 561 g/mol. The smallest absolute Gasteiger partial charge is 0.422 e. The van der Waals surface area contributed by atoms with Crippen LogP contribution in [0.3, 0.4) is 0 Å². The molecule has 0 spiro atoms. The Morgan fingerprint density at radius 3 is 2.49 bits per heavy atom. The lowest BCUT2D eigenvalue weighted by Crippen LogP contribution is -2.21. The highest BCUT2D eigenvalue weighted by molar-refractivity contribution is 6.14. The molecule has 210 valence electrons. The number of pyridine rings is 1. The molecule has 9 heteroatoms. The van der Waals surface area contributed by atoms with Crippen molar-refractivity contribution in [3.8, 4) is 28.4 Å². The van der Waals surface area contributed by atoms with Gasteiger partial charge in [-0.05, 0) is 72.4 Å². The number of alkyl halides is 3. The van der Waals surface area contributed by atoms with Gasteiger partial charge in [-0.1, -0.05) is 36.4 Å². The summed E-state index contributed by atoms with van der Waals surface area (Å²) < 4.78 is 57.6. The van der Waals surface area contributed by atoms with Crippen LogP contribution in [0.15, 0.2) is 79.1 Å². The molecule has 1 aliphatic carbocycles. The van der Waals surface area contributed by atoms with E-state index in [0.717, 1.165) is 36.8 Å². The van der Waals surface area contributed by atoms with Crippen molar-refractivity contribution in [3.63, 3.8) is 0 Å². The predicted molar refractivity (Wildman–Crippen MR) is 150 cm³/mol. The SMILES string of the molecule is COc1ccc(-c2cn(C(=O)c3c(OCC(F)(F)F)ccc4ccccc34)c3ncccc23)cc1OC1CCCC1. The van der Waals surface area contributed by atoms with E-state index in [0.29, 0.717) is 33.3 Å². The largest absolute Gasteiger partial charge is 0.493 e. The Bertz CT molecular complexity index is 1740. The second-order valence-corrected chi connectivity index (χ2v) is 10.0. The number of carbonyl (C=O) groups excluding carboxylic acids is 1. The first kappa shape index (κ1) is 26.7. The molecule has 41 heavy (non-hydrogen) atoms. The first-order valence-electron chi connectivity index (χ1n) is 13.4. The van der Waals surface area contributed by atoms with Gasteiger partial charge in [-0.25, -0.2) is 4.98 Å². The highest BCUT2D eigenvalue weighted by Crippen LogP contribution is 2.39. The molecular weight excluding hydrogens is 533 g/mol. The number of carbonyl (C=O) groups is 1. The lowest BCUT2D eigenvalue weighted by atomic mass is 10.0. The van der Waals surface area contributed by atoms with Crippen molar-refractivity contribution in [3.05, 3.63) is 84.7 Å². The molecule has 0 saturated heterocycles. The summed E-state index contributed by atoms with van der Waals surface area (Å²) in [5.41, 5.74) is 1.91. The van der Waals surface area contributed by atoms with Crippen molar-refractivity contribution in [2.45, 2.75) is 38.0 Å². The van der Waals surface area contributed by atoms with Crippen LogP contribution in [0.2, 0.25) is 0 Å². The second-order valence-electron chi connectivity index (χ2n) is 10.0. The lowest BCUT2D eigenvalue weighted by Gasteiger charge is -2.17. The van der Waals surface area contributed by atoms with E-state index < -0.39 is 18.7 Å². The molecule has 1 saturated carbocycles. The fourth-order valence-electron chi connectivity index (χ4n) is 5.44. The summed E-state index contributed by atoms with van der Waals surface area (Å²) in [6.07, 6.45) is 2.99. The zero-order chi connectivity index (χ0) is 28.6. The number of hydrogen-bond donors (Lipinski definition) is 0. The van der Waals surface area contributed by atoms with Gasteiger partial charge in [0.15, 0.2) is 18.1 Å². The van der Waals surface area contributed by atoms with Crippen LogP contribution in [-0.4, -0.2) is 41.5 Å². The van der Waals surface area contributed by atoms with Gasteiger partial charge in [-0.2, -0.15) is 13.2 Å². The van der Waals surface area contributed by atoms with Gasteiger partial charge < -0.3 is 14.2 Å². The summed E-state index contributed by atoms with van der Waals surface area (Å²) >= 11 is 0. The van der Waals surface area contributed by atoms with Crippen LogP contribution in [0.1, 0.15) is 36.0 Å². The van der Waals surface area contributed by atoms with Crippen LogP contribution >= 0.6 is 0 Å². The fraction of sp³-hybridized carbons (Fsp3) is 0.250. The molecule has 3 aromatic carbocycles. The first-order chi connectivity index (χ1) is 19.8. The maximum absolute atomic E-state index is 14.2. The van der Waals surface area contributed by atoms with Gasteiger partial charge in [0.05, 0.1) is 18.8 Å². The summed E-state index contributed by atoms with van der Waals surface area (Å²) in [5.74, 6) is 0.526. The molecule has 0 amide bonds. The van der Waals surface area contributed by atoms with Gasteiger partial charge in [0, 0.05) is 23.3 Å². The number of nitrogens with zero attached hydrogens (tertiary/aromatic N) is 2. The number of halogens is 3. The average Bonchev–Trinajstić information content (AvgIpc) is 3.63. The van der Waals surface area contributed by atoms with E-state index in [1.54, 1.807) is 55.9 Å². The topological polar surface area (TPSA) is 62.6 Å². The Labute approximate surface area is 234 Å². The Morgan fingerprint density at radius 1 is 0.951 bits per heavy atom. The highest BCUT2D eigenvalue weighted by Gasteiger charge is 2.30. The van der Waals surface area contributed by atoms with E-state index >= 15 is 0 Å². The summed E-state index contributed by atoms with van der Waals surface area (Å²) in [7, 11) is 1.59. The van der Waals surface area contributed by atoms with Crippen LogP contribution in [0.25, 0.3) is 32.9 Å². The third-order valence-electron chi connectivity index (χ3n) is 7.35.